The number of rotatable bonds is 2. The van der Waals surface area contributed by atoms with Crippen LogP contribution in [0.3, 0.4) is 0 Å². The zero-order valence-electron chi connectivity index (χ0n) is 18.0. The molecule has 3 rings (SSSR count). The SMILES string of the molecule is Cc1cc(C)c(N2[CH-]N(c3c(C)cc(C)cc3C)CCCCC2)c(C)c1.[Br][Ag]. The molecule has 158 valence electrons. The van der Waals surface area contributed by atoms with E-state index in [0.29, 0.717) is 0 Å². The quantitative estimate of drug-likeness (QED) is 0.301. The number of aryl methyl sites for hydroxylation is 6. The van der Waals surface area contributed by atoms with Crippen LogP contribution < -0.4 is 9.80 Å². The van der Waals surface area contributed by atoms with Crippen molar-refractivity contribution in [3.05, 3.63) is 64.3 Å². The van der Waals surface area contributed by atoms with Crippen molar-refractivity contribution in [1.29, 1.82) is 0 Å². The Bertz CT molecular complexity index is 692. The van der Waals surface area contributed by atoms with Gasteiger partial charge in [-0.1, -0.05) is 41.8 Å². The van der Waals surface area contributed by atoms with E-state index in [9.17, 15) is 0 Å². The van der Waals surface area contributed by atoms with Gasteiger partial charge < -0.3 is 9.80 Å². The number of hydrogen-bond donors (Lipinski definition) is 0. The summed E-state index contributed by atoms with van der Waals surface area (Å²) in [4.78, 5) is 4.98. The zero-order valence-corrected chi connectivity index (χ0v) is 21.1. The van der Waals surface area contributed by atoms with Crippen molar-refractivity contribution in [3.8, 4) is 0 Å². The minimum absolute atomic E-state index is 1.09. The standard InChI is InChI=1S/C24H33N2.Ag.BrH/c1-17-12-19(3)23(20(4)13-17)25-10-8-7-9-11-26(16-25)24-21(5)14-18(2)15-22(24)6;;/h12-16H,7-11H2,1-6H3;;1H/q-1;+1;/p-1. The van der Waals surface area contributed by atoms with Crippen LogP contribution in [0.25, 0.3) is 0 Å². The summed E-state index contributed by atoms with van der Waals surface area (Å²) in [6, 6.07) is 9.23. The molecule has 0 aromatic heterocycles. The monoisotopic (exact) mass is 535 g/mol. The van der Waals surface area contributed by atoms with Crippen LogP contribution in [-0.2, 0) is 18.9 Å². The molecule has 0 atom stereocenters. The third-order valence-electron chi connectivity index (χ3n) is 5.42. The van der Waals surface area contributed by atoms with Crippen LogP contribution in [-0.4, -0.2) is 13.1 Å². The molecule has 0 spiro atoms. The molecule has 0 bridgehead atoms. The Morgan fingerprint density at radius 3 is 1.29 bits per heavy atom. The first-order valence-electron chi connectivity index (χ1n) is 10.0. The van der Waals surface area contributed by atoms with E-state index in [2.05, 4.69) is 114 Å². The summed E-state index contributed by atoms with van der Waals surface area (Å²) in [5.41, 5.74) is 10.9. The maximum absolute atomic E-state index is 2.76. The third-order valence-corrected chi connectivity index (χ3v) is 5.42. The fourth-order valence-corrected chi connectivity index (χ4v) is 4.61. The first kappa shape index (κ1) is 23.5. The molecule has 1 saturated heterocycles. The topological polar surface area (TPSA) is 6.48 Å². The molecule has 28 heavy (non-hydrogen) atoms. The Hall–Kier alpha value is -0.740. The Kier molecular flexibility index (Phi) is 9.14. The second-order valence-corrected chi connectivity index (χ2v) is 8.06. The van der Waals surface area contributed by atoms with Gasteiger partial charge in [0, 0.05) is 11.4 Å². The molecule has 4 heteroatoms. The molecule has 1 heterocycles. The Morgan fingerprint density at radius 2 is 0.964 bits per heavy atom. The van der Waals surface area contributed by atoms with Gasteiger partial charge in [-0.25, -0.2) is 0 Å². The molecule has 0 aliphatic carbocycles. The van der Waals surface area contributed by atoms with Crippen molar-refractivity contribution in [2.75, 3.05) is 22.9 Å². The molecule has 2 aromatic rings. The number of anilines is 2. The van der Waals surface area contributed by atoms with Gasteiger partial charge in [-0.3, -0.25) is 0 Å². The summed E-state index contributed by atoms with van der Waals surface area (Å²) in [5, 5.41) is 0. The minimum atomic E-state index is 1.09. The van der Waals surface area contributed by atoms with Crippen molar-refractivity contribution in [2.45, 2.75) is 60.8 Å². The first-order chi connectivity index (χ1) is 13.4. The molecule has 0 unspecified atom stereocenters. The van der Waals surface area contributed by atoms with Gasteiger partial charge in [0.25, 0.3) is 0 Å². The molecule has 2 nitrogen and oxygen atoms in total. The molecular formula is C24H33AgBrN2-. The summed E-state index contributed by atoms with van der Waals surface area (Å²) in [7, 11) is 0. The van der Waals surface area contributed by atoms with Gasteiger partial charge >= 0.3 is 32.0 Å². The van der Waals surface area contributed by atoms with E-state index in [0.717, 1.165) is 13.1 Å². The first-order valence-corrected chi connectivity index (χ1v) is 13.4. The molecule has 1 aliphatic rings. The molecular weight excluding hydrogens is 504 g/mol. The van der Waals surface area contributed by atoms with Crippen LogP contribution >= 0.6 is 13.0 Å². The van der Waals surface area contributed by atoms with Crippen molar-refractivity contribution in [1.82, 2.24) is 0 Å². The average Bonchev–Trinajstić information content (AvgIpc) is 2.58. The normalized spacial score (nSPS) is 14.9. The van der Waals surface area contributed by atoms with Gasteiger partial charge in [0.05, 0.1) is 0 Å². The van der Waals surface area contributed by atoms with E-state index in [-0.39, 0.29) is 0 Å². The molecule has 1 aliphatic heterocycles. The van der Waals surface area contributed by atoms with Crippen molar-refractivity contribution in [3.63, 3.8) is 0 Å². The van der Waals surface area contributed by atoms with Crippen LogP contribution in [0.1, 0.15) is 52.6 Å². The maximum atomic E-state index is 2.76. The molecule has 1 fully saturated rings. The van der Waals surface area contributed by atoms with Gasteiger partial charge in [0.15, 0.2) is 0 Å². The Morgan fingerprint density at radius 1 is 0.643 bits per heavy atom. The number of halogens is 1. The van der Waals surface area contributed by atoms with Gasteiger partial charge in [0.2, 0.25) is 0 Å². The summed E-state index contributed by atoms with van der Waals surface area (Å²) < 4.78 is 0. The van der Waals surface area contributed by atoms with Gasteiger partial charge in [0.1, 0.15) is 0 Å². The molecule has 0 saturated carbocycles. The predicted molar refractivity (Wildman–Crippen MR) is 123 cm³/mol. The Balaban J connectivity index is 0.00000136. The number of benzene rings is 2. The second-order valence-electron chi connectivity index (χ2n) is 8.06. The molecule has 0 N–H and O–H groups in total. The third kappa shape index (κ3) is 5.66. The van der Waals surface area contributed by atoms with E-state index >= 15 is 0 Å². The zero-order chi connectivity index (χ0) is 20.8. The van der Waals surface area contributed by atoms with E-state index in [4.69, 9.17) is 0 Å². The van der Waals surface area contributed by atoms with Crippen LogP contribution in [0, 0.1) is 48.2 Å². The van der Waals surface area contributed by atoms with Crippen LogP contribution in [0.15, 0.2) is 24.3 Å². The van der Waals surface area contributed by atoms with Crippen LogP contribution in [0.5, 0.6) is 0 Å². The average molecular weight is 537 g/mol. The fourth-order valence-electron chi connectivity index (χ4n) is 4.61. The summed E-state index contributed by atoms with van der Waals surface area (Å²) in [6.07, 6.45) is 3.79. The van der Waals surface area contributed by atoms with Crippen LogP contribution in [0.2, 0.25) is 0 Å². The number of nitrogens with zero attached hydrogens (tertiary/aromatic N) is 2. The Labute approximate surface area is 190 Å². The summed E-state index contributed by atoms with van der Waals surface area (Å²) in [6.45, 7) is 17.9. The van der Waals surface area contributed by atoms with Crippen LogP contribution in [0.4, 0.5) is 11.4 Å². The van der Waals surface area contributed by atoms with Crippen molar-refractivity contribution < 1.29 is 18.9 Å². The van der Waals surface area contributed by atoms with E-state index in [1.165, 1.54) is 64.0 Å². The number of hydrogen-bond acceptors (Lipinski definition) is 2. The molecule has 2 aromatic carbocycles. The van der Waals surface area contributed by atoms with Crippen molar-refractivity contribution >= 4 is 24.4 Å². The molecule has 0 radical (unpaired) electrons. The summed E-state index contributed by atoms with van der Waals surface area (Å²) >= 11 is 5.51. The van der Waals surface area contributed by atoms with E-state index in [1.807, 2.05) is 0 Å². The summed E-state index contributed by atoms with van der Waals surface area (Å²) in [5.74, 6) is 0. The van der Waals surface area contributed by atoms with Crippen molar-refractivity contribution in [2.24, 2.45) is 0 Å². The molecule has 0 amide bonds. The van der Waals surface area contributed by atoms with E-state index in [1.54, 1.807) is 0 Å². The van der Waals surface area contributed by atoms with E-state index < -0.39 is 0 Å². The fraction of sp³-hybridized carbons (Fsp3) is 0.458. The second kappa shape index (κ2) is 10.9. The van der Waals surface area contributed by atoms with Gasteiger partial charge in [-0.2, -0.15) is 6.67 Å². The van der Waals surface area contributed by atoms with Gasteiger partial charge in [-0.15, -0.1) is 0 Å². The predicted octanol–water partition coefficient (Wildman–Crippen LogP) is 7.00. The van der Waals surface area contributed by atoms with Gasteiger partial charge in [-0.05, 0) is 89.7 Å².